The zero-order chi connectivity index (χ0) is 28.5. The van der Waals surface area contributed by atoms with Gasteiger partial charge in [-0.15, -0.1) is 0 Å². The smallest absolute Gasteiger partial charge is 0.323 e. The lowest BCUT2D eigenvalue weighted by atomic mass is 10.1. The van der Waals surface area contributed by atoms with Crippen LogP contribution in [-0.4, -0.2) is 63.9 Å². The minimum absolute atomic E-state index is 0.218. The largest absolute Gasteiger partial charge is 0.373 e. The molecule has 0 radical (unpaired) electrons. The van der Waals surface area contributed by atoms with Crippen LogP contribution in [0.5, 0.6) is 0 Å². The first-order valence-electron chi connectivity index (χ1n) is 12.6. The quantitative estimate of drug-likeness (QED) is 0.180. The summed E-state index contributed by atoms with van der Waals surface area (Å²) in [4.78, 5) is 46.5. The summed E-state index contributed by atoms with van der Waals surface area (Å²) in [6, 6.07) is 18.0. The number of urea groups is 2. The van der Waals surface area contributed by atoms with Gasteiger partial charge in [0.15, 0.2) is 0 Å². The van der Waals surface area contributed by atoms with Gasteiger partial charge in [-0.1, -0.05) is 12.1 Å². The van der Waals surface area contributed by atoms with Gasteiger partial charge in [0.2, 0.25) is 0 Å². The van der Waals surface area contributed by atoms with E-state index in [1.54, 1.807) is 44.4 Å². The van der Waals surface area contributed by atoms with E-state index >= 15 is 0 Å². The first-order chi connectivity index (χ1) is 19.4. The van der Waals surface area contributed by atoms with Crippen LogP contribution in [0.4, 0.5) is 32.3 Å². The van der Waals surface area contributed by atoms with E-state index in [4.69, 9.17) is 0 Å². The van der Waals surface area contributed by atoms with Crippen molar-refractivity contribution in [2.45, 2.75) is 0 Å². The van der Waals surface area contributed by atoms with Gasteiger partial charge in [0.25, 0.3) is 5.91 Å². The Hall–Kier alpha value is -5.39. The number of hydrogen-bond acceptors (Lipinski definition) is 6. The van der Waals surface area contributed by atoms with Crippen molar-refractivity contribution in [1.29, 1.82) is 0 Å². The molecule has 3 aromatic carbocycles. The standard InChI is InChI=1S/C28H31N9O3/c1-29-24(30-2)17-7-9-19(10-8-17)34-27(39)36-21-11-12-22(26(38)31-3)23(16-21)37-28(40)35-20-6-4-5-18(15-20)25-32-13-14-33-25/h4-12,15-16H,13-14H2,1-3H3,(H,29,30)(H,31,38)(H,32,33)(H2,34,36,39)(H2,35,37,40). The number of benzene rings is 3. The molecule has 1 heterocycles. The highest BCUT2D eigenvalue weighted by molar-refractivity contribution is 6.09. The lowest BCUT2D eigenvalue weighted by Crippen LogP contribution is -2.25. The number of amidine groups is 2. The minimum atomic E-state index is -0.554. The summed E-state index contributed by atoms with van der Waals surface area (Å²) in [6.07, 6.45) is 0. The highest BCUT2D eigenvalue weighted by atomic mass is 16.2. The fourth-order valence-corrected chi connectivity index (χ4v) is 4.07. The number of nitrogens with zero attached hydrogens (tertiary/aromatic N) is 2. The molecule has 1 aliphatic rings. The van der Waals surface area contributed by atoms with Gasteiger partial charge in [-0.3, -0.25) is 14.8 Å². The van der Waals surface area contributed by atoms with Gasteiger partial charge in [0, 0.05) is 55.9 Å². The second-order valence-electron chi connectivity index (χ2n) is 8.64. The molecular weight excluding hydrogens is 510 g/mol. The van der Waals surface area contributed by atoms with Gasteiger partial charge in [-0.2, -0.15) is 0 Å². The molecule has 7 N–H and O–H groups in total. The van der Waals surface area contributed by atoms with E-state index < -0.39 is 18.0 Å². The molecule has 1 aliphatic heterocycles. The van der Waals surface area contributed by atoms with Gasteiger partial charge >= 0.3 is 12.1 Å². The molecule has 0 atom stereocenters. The van der Waals surface area contributed by atoms with Crippen molar-refractivity contribution in [1.82, 2.24) is 16.0 Å². The summed E-state index contributed by atoms with van der Waals surface area (Å²) in [6.45, 7) is 1.48. The van der Waals surface area contributed by atoms with Crippen molar-refractivity contribution in [3.8, 4) is 0 Å². The van der Waals surface area contributed by atoms with E-state index in [1.165, 1.54) is 19.2 Å². The van der Waals surface area contributed by atoms with Crippen molar-refractivity contribution in [2.24, 2.45) is 9.98 Å². The monoisotopic (exact) mass is 541 g/mol. The molecule has 40 heavy (non-hydrogen) atoms. The molecule has 12 nitrogen and oxygen atoms in total. The Balaban J connectivity index is 1.45. The van der Waals surface area contributed by atoms with Crippen LogP contribution in [-0.2, 0) is 0 Å². The lowest BCUT2D eigenvalue weighted by molar-refractivity contribution is 0.0964. The van der Waals surface area contributed by atoms with Crippen molar-refractivity contribution in [3.05, 3.63) is 83.4 Å². The summed E-state index contributed by atoms with van der Waals surface area (Å²) in [5, 5.41) is 19.7. The first kappa shape index (κ1) is 27.6. The second-order valence-corrected chi connectivity index (χ2v) is 8.64. The maximum Gasteiger partial charge on any atom is 0.323 e. The first-order valence-corrected chi connectivity index (χ1v) is 12.6. The number of rotatable bonds is 7. The van der Waals surface area contributed by atoms with Crippen LogP contribution in [0.1, 0.15) is 21.5 Å². The fraction of sp³-hybridized carbons (Fsp3) is 0.179. The average molecular weight is 542 g/mol. The second kappa shape index (κ2) is 12.9. The Morgan fingerprint density at radius 1 is 0.800 bits per heavy atom. The molecule has 206 valence electrons. The fourth-order valence-electron chi connectivity index (χ4n) is 4.07. The van der Waals surface area contributed by atoms with Crippen LogP contribution in [0.15, 0.2) is 76.7 Å². The topological polar surface area (TPSA) is 160 Å². The molecule has 0 aromatic heterocycles. The van der Waals surface area contributed by atoms with Gasteiger partial charge in [0.1, 0.15) is 11.7 Å². The number of nitrogens with one attached hydrogen (secondary N) is 7. The number of aliphatic imine (C=N–C) groups is 2. The average Bonchev–Trinajstić information content (AvgIpc) is 3.50. The van der Waals surface area contributed by atoms with Crippen LogP contribution in [0.2, 0.25) is 0 Å². The molecule has 0 aliphatic carbocycles. The van der Waals surface area contributed by atoms with E-state index in [9.17, 15) is 14.4 Å². The van der Waals surface area contributed by atoms with Crippen LogP contribution < -0.4 is 37.2 Å². The molecule has 0 fully saturated rings. The van der Waals surface area contributed by atoms with Gasteiger partial charge in [-0.05, 0) is 54.6 Å². The third-order valence-electron chi connectivity index (χ3n) is 5.94. The molecule has 0 bridgehead atoms. The Labute approximate surface area is 231 Å². The van der Waals surface area contributed by atoms with Gasteiger partial charge in [0.05, 0.1) is 17.8 Å². The summed E-state index contributed by atoms with van der Waals surface area (Å²) >= 11 is 0. The Kier molecular flexibility index (Phi) is 8.92. The maximum atomic E-state index is 12.9. The van der Waals surface area contributed by atoms with E-state index in [0.29, 0.717) is 23.6 Å². The predicted octanol–water partition coefficient (Wildman–Crippen LogP) is 3.28. The molecular formula is C28H31N9O3. The zero-order valence-corrected chi connectivity index (χ0v) is 22.4. The Morgan fingerprint density at radius 2 is 1.48 bits per heavy atom. The van der Waals surface area contributed by atoms with Crippen molar-refractivity contribution in [3.63, 3.8) is 0 Å². The zero-order valence-electron chi connectivity index (χ0n) is 22.4. The van der Waals surface area contributed by atoms with E-state index in [1.807, 2.05) is 24.3 Å². The molecule has 12 heteroatoms. The van der Waals surface area contributed by atoms with E-state index in [-0.39, 0.29) is 11.3 Å². The third-order valence-corrected chi connectivity index (χ3v) is 5.94. The highest BCUT2D eigenvalue weighted by Crippen LogP contribution is 2.23. The predicted molar refractivity (Wildman–Crippen MR) is 159 cm³/mol. The molecule has 0 unspecified atom stereocenters. The van der Waals surface area contributed by atoms with Gasteiger partial charge in [-0.25, -0.2) is 9.59 Å². The summed E-state index contributed by atoms with van der Waals surface area (Å²) in [5.41, 5.74) is 3.69. The summed E-state index contributed by atoms with van der Waals surface area (Å²) in [7, 11) is 4.97. The van der Waals surface area contributed by atoms with Crippen molar-refractivity contribution >= 4 is 52.4 Å². The molecule has 0 spiro atoms. The van der Waals surface area contributed by atoms with Crippen LogP contribution in [0, 0.1) is 0 Å². The Morgan fingerprint density at radius 3 is 2.12 bits per heavy atom. The Bertz CT molecular complexity index is 1470. The van der Waals surface area contributed by atoms with E-state index in [2.05, 4.69) is 47.2 Å². The van der Waals surface area contributed by atoms with E-state index in [0.717, 1.165) is 29.3 Å². The molecule has 3 aromatic rings. The van der Waals surface area contributed by atoms with Crippen LogP contribution >= 0.6 is 0 Å². The van der Waals surface area contributed by atoms with Crippen LogP contribution in [0.3, 0.4) is 0 Å². The third kappa shape index (κ3) is 6.92. The molecule has 4 rings (SSSR count). The number of carbonyl (C=O) groups is 3. The summed E-state index contributed by atoms with van der Waals surface area (Å²) < 4.78 is 0. The number of carbonyl (C=O) groups excluding carboxylic acids is 3. The molecule has 0 saturated heterocycles. The maximum absolute atomic E-state index is 12.9. The number of hydrogen-bond donors (Lipinski definition) is 7. The van der Waals surface area contributed by atoms with Gasteiger partial charge < -0.3 is 37.2 Å². The van der Waals surface area contributed by atoms with Crippen LogP contribution in [0.25, 0.3) is 0 Å². The summed E-state index contributed by atoms with van der Waals surface area (Å²) in [5.74, 6) is 1.11. The lowest BCUT2D eigenvalue weighted by Gasteiger charge is -2.14. The number of amides is 5. The SMILES string of the molecule is CN=C(NC)c1ccc(NC(=O)Nc2ccc(C(=O)NC)c(NC(=O)Nc3cccc(C4=NCCN4)c3)c2)cc1. The van der Waals surface area contributed by atoms with Crippen molar-refractivity contribution in [2.75, 3.05) is 55.5 Å². The molecule has 5 amide bonds. The number of anilines is 4. The normalized spacial score (nSPS) is 12.5. The molecule has 0 saturated carbocycles. The van der Waals surface area contributed by atoms with Crippen molar-refractivity contribution < 1.29 is 14.4 Å². The minimum Gasteiger partial charge on any atom is -0.373 e. The highest BCUT2D eigenvalue weighted by Gasteiger charge is 2.15.